The van der Waals surface area contributed by atoms with Crippen LogP contribution >= 0.6 is 7.26 Å². The minimum atomic E-state index is -0.438. The molecular formula is C8H16P+. The molecule has 0 aromatic rings. The van der Waals surface area contributed by atoms with Crippen molar-refractivity contribution >= 4 is 7.26 Å². The molecule has 52 valence electrons. The Morgan fingerprint density at radius 2 is 2.00 bits per heavy atom. The molecule has 0 aromatic heterocycles. The van der Waals surface area contributed by atoms with Gasteiger partial charge in [0.25, 0.3) is 0 Å². The van der Waals surface area contributed by atoms with E-state index < -0.39 is 7.26 Å². The number of rotatable bonds is 2. The smallest absolute Gasteiger partial charge is 0.0768 e. The van der Waals surface area contributed by atoms with Gasteiger partial charge in [0.1, 0.15) is 0 Å². The SMILES string of the molecule is C=CC[P+]1(C)CCCC1. The van der Waals surface area contributed by atoms with Crippen molar-refractivity contribution < 1.29 is 0 Å². The molecule has 0 radical (unpaired) electrons. The molecule has 1 heteroatoms. The van der Waals surface area contributed by atoms with Crippen molar-refractivity contribution in [2.45, 2.75) is 12.8 Å². The van der Waals surface area contributed by atoms with E-state index in [1.807, 2.05) is 0 Å². The van der Waals surface area contributed by atoms with E-state index in [2.05, 4.69) is 19.3 Å². The van der Waals surface area contributed by atoms with E-state index in [0.29, 0.717) is 0 Å². The van der Waals surface area contributed by atoms with Gasteiger partial charge in [-0.05, 0) is 12.8 Å². The van der Waals surface area contributed by atoms with Gasteiger partial charge in [-0.25, -0.2) is 0 Å². The Balaban J connectivity index is 2.40. The maximum atomic E-state index is 3.80. The first kappa shape index (κ1) is 7.28. The van der Waals surface area contributed by atoms with Gasteiger partial charge < -0.3 is 0 Å². The summed E-state index contributed by atoms with van der Waals surface area (Å²) < 4.78 is 0. The summed E-state index contributed by atoms with van der Waals surface area (Å²) >= 11 is 0. The van der Waals surface area contributed by atoms with E-state index in [1.54, 1.807) is 0 Å². The number of hydrogen-bond donors (Lipinski definition) is 0. The number of allylic oxidation sites excluding steroid dienone is 1. The van der Waals surface area contributed by atoms with Crippen molar-refractivity contribution in [3.63, 3.8) is 0 Å². The molecule has 1 heterocycles. The third-order valence-corrected chi connectivity index (χ3v) is 6.15. The normalized spacial score (nSPS) is 24.1. The Kier molecular flexibility index (Phi) is 2.29. The lowest BCUT2D eigenvalue weighted by Crippen LogP contribution is -1.95. The zero-order chi connectivity index (χ0) is 6.74. The summed E-state index contributed by atoms with van der Waals surface area (Å²) in [4.78, 5) is 0. The van der Waals surface area contributed by atoms with E-state index in [0.717, 1.165) is 0 Å². The summed E-state index contributed by atoms with van der Waals surface area (Å²) in [5, 5.41) is 0. The fourth-order valence-corrected chi connectivity index (χ4v) is 4.78. The second-order valence-corrected chi connectivity index (χ2v) is 7.74. The van der Waals surface area contributed by atoms with Crippen LogP contribution in [0, 0.1) is 0 Å². The molecule has 0 saturated carbocycles. The van der Waals surface area contributed by atoms with Crippen LogP contribution in [-0.4, -0.2) is 25.2 Å². The van der Waals surface area contributed by atoms with Gasteiger partial charge in [-0.1, -0.05) is 12.7 Å². The lowest BCUT2D eigenvalue weighted by molar-refractivity contribution is 0.949. The number of hydrogen-bond acceptors (Lipinski definition) is 0. The largest absolute Gasteiger partial charge is 0.0995 e. The van der Waals surface area contributed by atoms with Crippen LogP contribution in [0.2, 0.25) is 0 Å². The molecule has 0 atom stereocenters. The van der Waals surface area contributed by atoms with Crippen LogP contribution in [0.4, 0.5) is 0 Å². The molecule has 1 aliphatic heterocycles. The van der Waals surface area contributed by atoms with Crippen molar-refractivity contribution in [3.05, 3.63) is 12.7 Å². The monoisotopic (exact) mass is 143 g/mol. The van der Waals surface area contributed by atoms with Gasteiger partial charge >= 0.3 is 0 Å². The van der Waals surface area contributed by atoms with Crippen LogP contribution in [0.5, 0.6) is 0 Å². The van der Waals surface area contributed by atoms with Crippen LogP contribution in [0.3, 0.4) is 0 Å². The Morgan fingerprint density at radius 3 is 2.44 bits per heavy atom. The lowest BCUT2D eigenvalue weighted by Gasteiger charge is -2.12. The first-order valence-electron chi connectivity index (χ1n) is 3.71. The Hall–Kier alpha value is 0.170. The molecule has 9 heavy (non-hydrogen) atoms. The highest BCUT2D eigenvalue weighted by Crippen LogP contribution is 2.60. The van der Waals surface area contributed by atoms with Crippen LogP contribution < -0.4 is 0 Å². The van der Waals surface area contributed by atoms with Gasteiger partial charge in [0.2, 0.25) is 0 Å². The molecule has 0 amide bonds. The first-order valence-corrected chi connectivity index (χ1v) is 6.50. The summed E-state index contributed by atoms with van der Waals surface area (Å²) in [6.07, 6.45) is 9.46. The van der Waals surface area contributed by atoms with E-state index in [9.17, 15) is 0 Å². The molecule has 1 fully saturated rings. The lowest BCUT2D eigenvalue weighted by atomic mass is 10.4. The molecule has 0 unspecified atom stereocenters. The molecule has 1 rings (SSSR count). The third kappa shape index (κ3) is 1.79. The maximum Gasteiger partial charge on any atom is 0.0768 e. The molecule has 0 aliphatic carbocycles. The quantitative estimate of drug-likeness (QED) is 0.411. The average molecular weight is 143 g/mol. The predicted molar refractivity (Wildman–Crippen MR) is 46.9 cm³/mol. The van der Waals surface area contributed by atoms with Crippen molar-refractivity contribution in [3.8, 4) is 0 Å². The highest BCUT2D eigenvalue weighted by molar-refractivity contribution is 7.75. The summed E-state index contributed by atoms with van der Waals surface area (Å²) in [6.45, 7) is 6.28. The van der Waals surface area contributed by atoms with Gasteiger partial charge in [-0.15, -0.1) is 0 Å². The summed E-state index contributed by atoms with van der Waals surface area (Å²) in [7, 11) is -0.438. The topological polar surface area (TPSA) is 0 Å². The molecule has 0 aromatic carbocycles. The zero-order valence-corrected chi connectivity index (χ0v) is 7.16. The molecule has 0 bridgehead atoms. The van der Waals surface area contributed by atoms with Gasteiger partial charge in [0, 0.05) is 13.9 Å². The molecule has 1 saturated heterocycles. The highest BCUT2D eigenvalue weighted by atomic mass is 31.2. The van der Waals surface area contributed by atoms with E-state index in [1.165, 1.54) is 31.3 Å². The third-order valence-electron chi connectivity index (χ3n) is 2.22. The van der Waals surface area contributed by atoms with Crippen LogP contribution in [-0.2, 0) is 0 Å². The summed E-state index contributed by atoms with van der Waals surface area (Å²) in [5.41, 5.74) is 0. The molecule has 0 nitrogen and oxygen atoms in total. The highest BCUT2D eigenvalue weighted by Gasteiger charge is 2.33. The molecule has 0 spiro atoms. The van der Waals surface area contributed by atoms with E-state index >= 15 is 0 Å². The zero-order valence-electron chi connectivity index (χ0n) is 6.27. The first-order chi connectivity index (χ1) is 4.27. The van der Waals surface area contributed by atoms with Crippen molar-refractivity contribution in [1.82, 2.24) is 0 Å². The second kappa shape index (κ2) is 2.84. The van der Waals surface area contributed by atoms with Crippen LogP contribution in [0.1, 0.15) is 12.8 Å². The fraction of sp³-hybridized carbons (Fsp3) is 0.750. The van der Waals surface area contributed by atoms with Gasteiger partial charge in [0.15, 0.2) is 0 Å². The summed E-state index contributed by atoms with van der Waals surface area (Å²) in [5.74, 6) is 0. The van der Waals surface area contributed by atoms with Crippen molar-refractivity contribution in [2.24, 2.45) is 0 Å². The van der Waals surface area contributed by atoms with Crippen molar-refractivity contribution in [1.29, 1.82) is 0 Å². The Morgan fingerprint density at radius 1 is 1.44 bits per heavy atom. The minimum absolute atomic E-state index is 0.438. The van der Waals surface area contributed by atoms with Gasteiger partial charge in [-0.3, -0.25) is 0 Å². The molecular weight excluding hydrogens is 127 g/mol. The second-order valence-electron chi connectivity index (χ2n) is 3.25. The summed E-state index contributed by atoms with van der Waals surface area (Å²) in [6, 6.07) is 0. The van der Waals surface area contributed by atoms with Gasteiger partial charge in [-0.2, -0.15) is 0 Å². The fourth-order valence-electron chi connectivity index (χ4n) is 1.59. The van der Waals surface area contributed by atoms with Crippen LogP contribution in [0.25, 0.3) is 0 Å². The minimum Gasteiger partial charge on any atom is -0.0995 e. The van der Waals surface area contributed by atoms with Gasteiger partial charge in [0.05, 0.1) is 18.5 Å². The average Bonchev–Trinajstić information content (AvgIpc) is 2.16. The van der Waals surface area contributed by atoms with Crippen LogP contribution in [0.15, 0.2) is 12.7 Å². The Bertz CT molecular complexity index is 101. The molecule has 0 N–H and O–H groups in total. The van der Waals surface area contributed by atoms with E-state index in [-0.39, 0.29) is 0 Å². The predicted octanol–water partition coefficient (Wildman–Crippen LogP) is 2.61. The maximum absolute atomic E-state index is 3.80. The molecule has 1 aliphatic rings. The standard InChI is InChI=1S/C8H16P/c1-3-6-9(2)7-4-5-8-9/h3H,1,4-8H2,2H3/q+1. The Labute approximate surface area is 58.7 Å². The van der Waals surface area contributed by atoms with Crippen molar-refractivity contribution in [2.75, 3.05) is 25.2 Å². The van der Waals surface area contributed by atoms with E-state index in [4.69, 9.17) is 0 Å².